The average molecular weight is 180 g/mol. The van der Waals surface area contributed by atoms with Gasteiger partial charge in [0.15, 0.2) is 5.76 Å². The lowest BCUT2D eigenvalue weighted by Crippen LogP contribution is -2.12. The molecular formula is C8H11F3O. The summed E-state index contributed by atoms with van der Waals surface area (Å²) in [6.07, 6.45) is -2.14. The highest BCUT2D eigenvalue weighted by molar-refractivity contribution is 5.14. The third kappa shape index (κ3) is 4.05. The van der Waals surface area contributed by atoms with E-state index in [1.54, 1.807) is 13.8 Å². The lowest BCUT2D eigenvalue weighted by Gasteiger charge is -2.08. The van der Waals surface area contributed by atoms with E-state index in [9.17, 15) is 13.2 Å². The van der Waals surface area contributed by atoms with Gasteiger partial charge in [0.25, 0.3) is 0 Å². The first-order valence-corrected chi connectivity index (χ1v) is 3.34. The van der Waals surface area contributed by atoms with Gasteiger partial charge < -0.3 is 4.74 Å². The minimum Gasteiger partial charge on any atom is -0.492 e. The number of allylic oxidation sites excluding steroid dienone is 4. The van der Waals surface area contributed by atoms with Gasteiger partial charge in [-0.3, -0.25) is 0 Å². The predicted octanol–water partition coefficient (Wildman–Crippen LogP) is 3.05. The van der Waals surface area contributed by atoms with Crippen molar-refractivity contribution in [2.45, 2.75) is 20.0 Å². The van der Waals surface area contributed by atoms with E-state index in [4.69, 9.17) is 0 Å². The molecule has 0 saturated heterocycles. The number of hydrogen-bond donors (Lipinski definition) is 0. The van der Waals surface area contributed by atoms with Crippen LogP contribution < -0.4 is 0 Å². The number of methoxy groups -OCH3 is 1. The second-order valence-corrected chi connectivity index (χ2v) is 2.48. The van der Waals surface area contributed by atoms with E-state index in [1.807, 2.05) is 0 Å². The highest BCUT2D eigenvalue weighted by atomic mass is 19.4. The lowest BCUT2D eigenvalue weighted by molar-refractivity contribution is -0.125. The minimum absolute atomic E-state index is 0.786. The molecule has 70 valence electrons. The molecule has 0 spiro atoms. The number of rotatable bonds is 2. The molecule has 0 unspecified atom stereocenters. The summed E-state index contributed by atoms with van der Waals surface area (Å²) < 4.78 is 40.0. The molecule has 0 aliphatic heterocycles. The van der Waals surface area contributed by atoms with Crippen molar-refractivity contribution in [3.05, 3.63) is 23.5 Å². The predicted molar refractivity (Wildman–Crippen MR) is 40.6 cm³/mol. The van der Waals surface area contributed by atoms with Gasteiger partial charge in [0, 0.05) is 0 Å². The van der Waals surface area contributed by atoms with Crippen LogP contribution in [0.25, 0.3) is 0 Å². The van der Waals surface area contributed by atoms with Crippen LogP contribution in [0, 0.1) is 0 Å². The van der Waals surface area contributed by atoms with Crippen LogP contribution in [-0.2, 0) is 4.74 Å². The summed E-state index contributed by atoms with van der Waals surface area (Å²) >= 11 is 0. The summed E-state index contributed by atoms with van der Waals surface area (Å²) in [5.41, 5.74) is 0.786. The van der Waals surface area contributed by atoms with Crippen LogP contribution in [0.3, 0.4) is 0 Å². The number of hydrogen-bond acceptors (Lipinski definition) is 1. The molecule has 0 amide bonds. The number of alkyl halides is 3. The molecule has 0 aromatic rings. The third-order valence-electron chi connectivity index (χ3n) is 1.07. The monoisotopic (exact) mass is 180 g/mol. The Bertz CT molecular complexity index is 197. The fourth-order valence-corrected chi connectivity index (χ4v) is 0.521. The van der Waals surface area contributed by atoms with Crippen LogP contribution in [0.2, 0.25) is 0 Å². The summed E-state index contributed by atoms with van der Waals surface area (Å²) in [4.78, 5) is 0. The Morgan fingerprint density at radius 2 is 1.67 bits per heavy atom. The summed E-state index contributed by atoms with van der Waals surface area (Å²) in [5, 5.41) is 0. The highest BCUT2D eigenvalue weighted by Gasteiger charge is 2.34. The van der Waals surface area contributed by atoms with Gasteiger partial charge in [-0.05, 0) is 19.9 Å². The molecule has 4 heteroatoms. The third-order valence-corrected chi connectivity index (χ3v) is 1.07. The van der Waals surface area contributed by atoms with Crippen LogP contribution in [0.1, 0.15) is 13.8 Å². The molecule has 0 atom stereocenters. The van der Waals surface area contributed by atoms with E-state index >= 15 is 0 Å². The zero-order valence-electron chi connectivity index (χ0n) is 7.20. The Kier molecular flexibility index (Phi) is 3.86. The topological polar surface area (TPSA) is 9.23 Å². The molecule has 0 radical (unpaired) electrons. The quantitative estimate of drug-likeness (QED) is 0.468. The Labute approximate surface area is 69.5 Å². The zero-order valence-corrected chi connectivity index (χ0v) is 7.20. The Morgan fingerprint density at radius 3 is 1.92 bits per heavy atom. The molecule has 0 heterocycles. The molecule has 0 aliphatic carbocycles. The summed E-state index contributed by atoms with van der Waals surface area (Å²) in [5.74, 6) is -0.983. The molecule has 0 fully saturated rings. The van der Waals surface area contributed by atoms with Crippen molar-refractivity contribution < 1.29 is 17.9 Å². The van der Waals surface area contributed by atoms with Gasteiger partial charge in [-0.15, -0.1) is 0 Å². The first-order valence-electron chi connectivity index (χ1n) is 3.34. The van der Waals surface area contributed by atoms with Gasteiger partial charge in [0.1, 0.15) is 0 Å². The zero-order chi connectivity index (χ0) is 9.78. The maximum atomic E-state index is 11.9. The molecule has 0 aromatic heterocycles. The average Bonchev–Trinajstić information content (AvgIpc) is 1.85. The Hall–Kier alpha value is -0.930. The summed E-state index contributed by atoms with van der Waals surface area (Å²) in [6.45, 7) is 3.42. The Morgan fingerprint density at radius 1 is 1.17 bits per heavy atom. The fraction of sp³-hybridized carbons (Fsp3) is 0.500. The standard InChI is InChI=1S/C8H11F3O/c1-6(2)4-5-7(12-3)8(9,10)11/h4-5H,1-3H3/b7-5-. The van der Waals surface area contributed by atoms with E-state index in [2.05, 4.69) is 4.74 Å². The summed E-state index contributed by atoms with van der Waals surface area (Å²) in [6, 6.07) is 0. The van der Waals surface area contributed by atoms with Gasteiger partial charge >= 0.3 is 6.18 Å². The second kappa shape index (κ2) is 4.18. The minimum atomic E-state index is -4.40. The van der Waals surface area contributed by atoms with Crippen molar-refractivity contribution in [2.75, 3.05) is 7.11 Å². The maximum absolute atomic E-state index is 11.9. The molecule has 0 aromatic carbocycles. The van der Waals surface area contributed by atoms with Gasteiger partial charge in [-0.1, -0.05) is 11.6 Å². The summed E-state index contributed by atoms with van der Waals surface area (Å²) in [7, 11) is 0.998. The van der Waals surface area contributed by atoms with Crippen LogP contribution in [0.4, 0.5) is 13.2 Å². The van der Waals surface area contributed by atoms with Crippen molar-refractivity contribution >= 4 is 0 Å². The van der Waals surface area contributed by atoms with Gasteiger partial charge in [-0.25, -0.2) is 0 Å². The first-order chi connectivity index (χ1) is 5.38. The smallest absolute Gasteiger partial charge is 0.448 e. The van der Waals surface area contributed by atoms with Crippen LogP contribution in [0.5, 0.6) is 0 Å². The molecule has 0 aliphatic rings. The van der Waals surface area contributed by atoms with Crippen LogP contribution in [-0.4, -0.2) is 13.3 Å². The maximum Gasteiger partial charge on any atom is 0.448 e. The van der Waals surface area contributed by atoms with E-state index < -0.39 is 11.9 Å². The molecule has 0 rings (SSSR count). The largest absolute Gasteiger partial charge is 0.492 e. The van der Waals surface area contributed by atoms with Gasteiger partial charge in [0.05, 0.1) is 7.11 Å². The Balaban J connectivity index is 4.57. The second-order valence-electron chi connectivity index (χ2n) is 2.48. The molecule has 0 N–H and O–H groups in total. The highest BCUT2D eigenvalue weighted by Crippen LogP contribution is 2.25. The van der Waals surface area contributed by atoms with Crippen LogP contribution in [0.15, 0.2) is 23.5 Å². The van der Waals surface area contributed by atoms with E-state index in [-0.39, 0.29) is 0 Å². The normalized spacial score (nSPS) is 12.7. The van der Waals surface area contributed by atoms with Crippen molar-refractivity contribution in [3.8, 4) is 0 Å². The molecular weight excluding hydrogens is 169 g/mol. The van der Waals surface area contributed by atoms with Crippen molar-refractivity contribution in [3.63, 3.8) is 0 Å². The first kappa shape index (κ1) is 11.1. The van der Waals surface area contributed by atoms with Crippen molar-refractivity contribution in [1.29, 1.82) is 0 Å². The van der Waals surface area contributed by atoms with Crippen molar-refractivity contribution in [1.82, 2.24) is 0 Å². The molecule has 0 bridgehead atoms. The van der Waals surface area contributed by atoms with Gasteiger partial charge in [0.2, 0.25) is 0 Å². The fourth-order valence-electron chi connectivity index (χ4n) is 0.521. The van der Waals surface area contributed by atoms with Crippen LogP contribution >= 0.6 is 0 Å². The van der Waals surface area contributed by atoms with E-state index in [1.165, 1.54) is 6.08 Å². The van der Waals surface area contributed by atoms with Crippen molar-refractivity contribution in [2.24, 2.45) is 0 Å². The number of ether oxygens (including phenoxy) is 1. The number of halogens is 3. The molecule has 0 saturated carbocycles. The van der Waals surface area contributed by atoms with E-state index in [0.717, 1.165) is 18.8 Å². The van der Waals surface area contributed by atoms with Gasteiger partial charge in [-0.2, -0.15) is 13.2 Å². The molecule has 1 nitrogen and oxygen atoms in total. The lowest BCUT2D eigenvalue weighted by atomic mass is 10.3. The SMILES string of the molecule is CO/C(=C\C=C(C)C)C(F)(F)F. The molecule has 12 heavy (non-hydrogen) atoms. The van der Waals surface area contributed by atoms with E-state index in [0.29, 0.717) is 0 Å².